The molecular formula is C22H18N4O5. The lowest BCUT2D eigenvalue weighted by Gasteiger charge is -2.05. The fraction of sp³-hybridized carbons (Fsp3) is 0.136. The maximum atomic E-state index is 12.3. The number of hydrogen-bond donors (Lipinski definition) is 2. The number of benzene rings is 2. The van der Waals surface area contributed by atoms with Crippen molar-refractivity contribution in [1.82, 2.24) is 20.8 Å². The molecule has 4 aromatic rings. The monoisotopic (exact) mass is 418 g/mol. The van der Waals surface area contributed by atoms with Crippen molar-refractivity contribution in [3.63, 3.8) is 0 Å². The van der Waals surface area contributed by atoms with E-state index in [1.807, 2.05) is 31.2 Å². The summed E-state index contributed by atoms with van der Waals surface area (Å²) in [5, 5.41) is 9.60. The third kappa shape index (κ3) is 4.50. The van der Waals surface area contributed by atoms with Crippen molar-refractivity contribution in [1.29, 1.82) is 0 Å². The van der Waals surface area contributed by atoms with Gasteiger partial charge in [0.05, 0.1) is 0 Å². The molecule has 0 aliphatic heterocycles. The van der Waals surface area contributed by atoms with Gasteiger partial charge in [-0.3, -0.25) is 9.59 Å². The van der Waals surface area contributed by atoms with Crippen LogP contribution in [0.2, 0.25) is 0 Å². The van der Waals surface area contributed by atoms with E-state index in [-0.39, 0.29) is 24.5 Å². The van der Waals surface area contributed by atoms with Crippen LogP contribution in [0, 0.1) is 6.92 Å². The standard InChI is InChI=1S/C22H18N4O5/c1-13-5-4-7-15(11-13)18-25-21(31-26-18)20(28)24-10-9-23-19(27)16-12-14-6-2-3-8-17(14)30-22(16)29/h2-8,11-12H,9-10H2,1H3,(H,23,27)(H,24,28). The van der Waals surface area contributed by atoms with Gasteiger partial charge in [-0.25, -0.2) is 4.79 Å². The van der Waals surface area contributed by atoms with Crippen molar-refractivity contribution in [3.8, 4) is 11.4 Å². The number of carbonyl (C=O) groups is 2. The summed E-state index contributed by atoms with van der Waals surface area (Å²) in [5.41, 5.74) is 1.34. The van der Waals surface area contributed by atoms with Gasteiger partial charge in [-0.15, -0.1) is 0 Å². The van der Waals surface area contributed by atoms with Crippen molar-refractivity contribution in [2.75, 3.05) is 13.1 Å². The first-order valence-electron chi connectivity index (χ1n) is 9.51. The Balaban J connectivity index is 1.32. The molecule has 0 spiro atoms. The Morgan fingerprint density at radius 3 is 2.55 bits per heavy atom. The van der Waals surface area contributed by atoms with Crippen LogP contribution in [-0.2, 0) is 0 Å². The minimum atomic E-state index is -0.727. The highest BCUT2D eigenvalue weighted by Crippen LogP contribution is 2.17. The van der Waals surface area contributed by atoms with Gasteiger partial charge in [-0.1, -0.05) is 47.1 Å². The highest BCUT2D eigenvalue weighted by Gasteiger charge is 2.17. The number of amides is 2. The molecule has 31 heavy (non-hydrogen) atoms. The van der Waals surface area contributed by atoms with Crippen LogP contribution >= 0.6 is 0 Å². The van der Waals surface area contributed by atoms with Gasteiger partial charge in [0.15, 0.2) is 0 Å². The number of aromatic nitrogens is 2. The fourth-order valence-electron chi connectivity index (χ4n) is 2.96. The maximum Gasteiger partial charge on any atom is 0.349 e. The fourth-order valence-corrected chi connectivity index (χ4v) is 2.96. The van der Waals surface area contributed by atoms with E-state index in [1.165, 1.54) is 6.07 Å². The molecule has 0 saturated heterocycles. The molecule has 4 rings (SSSR count). The molecule has 0 radical (unpaired) electrons. The van der Waals surface area contributed by atoms with Gasteiger partial charge in [0.2, 0.25) is 5.82 Å². The quantitative estimate of drug-likeness (QED) is 0.363. The number of aryl methyl sites for hydroxylation is 1. The van der Waals surface area contributed by atoms with Gasteiger partial charge in [0.1, 0.15) is 11.1 Å². The summed E-state index contributed by atoms with van der Waals surface area (Å²) >= 11 is 0. The zero-order chi connectivity index (χ0) is 21.8. The molecule has 0 bridgehead atoms. The first-order valence-corrected chi connectivity index (χ1v) is 9.51. The Hall–Kier alpha value is -4.27. The van der Waals surface area contributed by atoms with Crippen LogP contribution in [0.5, 0.6) is 0 Å². The number of para-hydroxylation sites is 1. The average Bonchev–Trinajstić information content (AvgIpc) is 3.26. The lowest BCUT2D eigenvalue weighted by molar-refractivity contribution is 0.0897. The van der Waals surface area contributed by atoms with E-state index in [2.05, 4.69) is 20.8 Å². The zero-order valence-corrected chi connectivity index (χ0v) is 16.5. The summed E-state index contributed by atoms with van der Waals surface area (Å²) in [6.07, 6.45) is 0. The first kappa shape index (κ1) is 20.0. The smallest absolute Gasteiger partial charge is 0.349 e. The molecule has 9 heteroatoms. The molecule has 0 saturated carbocycles. The molecule has 0 unspecified atom stereocenters. The summed E-state index contributed by atoms with van der Waals surface area (Å²) in [7, 11) is 0. The van der Waals surface area contributed by atoms with E-state index >= 15 is 0 Å². The minimum absolute atomic E-state index is 0.0930. The van der Waals surface area contributed by atoms with Gasteiger partial charge < -0.3 is 19.6 Å². The third-order valence-electron chi connectivity index (χ3n) is 4.48. The van der Waals surface area contributed by atoms with Crippen LogP contribution in [0.3, 0.4) is 0 Å². The molecule has 0 aliphatic rings. The van der Waals surface area contributed by atoms with Crippen molar-refractivity contribution in [2.24, 2.45) is 0 Å². The number of nitrogens with one attached hydrogen (secondary N) is 2. The maximum absolute atomic E-state index is 12.3. The van der Waals surface area contributed by atoms with E-state index in [4.69, 9.17) is 8.94 Å². The summed E-state index contributed by atoms with van der Waals surface area (Å²) in [5.74, 6) is -1.03. The Kier molecular flexibility index (Phi) is 5.57. The molecule has 2 amide bonds. The highest BCUT2D eigenvalue weighted by molar-refractivity contribution is 5.96. The summed E-state index contributed by atoms with van der Waals surface area (Å²) in [6, 6.07) is 15.9. The summed E-state index contributed by atoms with van der Waals surface area (Å²) in [6.45, 7) is 2.13. The van der Waals surface area contributed by atoms with Crippen LogP contribution in [0.1, 0.15) is 26.6 Å². The van der Waals surface area contributed by atoms with Crippen molar-refractivity contribution < 1.29 is 18.5 Å². The van der Waals surface area contributed by atoms with E-state index in [9.17, 15) is 14.4 Å². The predicted octanol–water partition coefficient (Wildman–Crippen LogP) is 2.31. The lowest BCUT2D eigenvalue weighted by Crippen LogP contribution is -2.36. The third-order valence-corrected chi connectivity index (χ3v) is 4.48. The van der Waals surface area contributed by atoms with E-state index in [1.54, 1.807) is 24.3 Å². The SMILES string of the molecule is Cc1cccc(-c2noc(C(=O)NCCNC(=O)c3cc4ccccc4oc3=O)n2)c1. The van der Waals surface area contributed by atoms with Gasteiger partial charge in [-0.05, 0) is 25.1 Å². The second-order valence-corrected chi connectivity index (χ2v) is 6.79. The van der Waals surface area contributed by atoms with Gasteiger partial charge in [-0.2, -0.15) is 4.98 Å². The highest BCUT2D eigenvalue weighted by atomic mass is 16.5. The van der Waals surface area contributed by atoms with E-state index in [0.717, 1.165) is 11.1 Å². The average molecular weight is 418 g/mol. The number of rotatable bonds is 6. The largest absolute Gasteiger partial charge is 0.422 e. The van der Waals surface area contributed by atoms with Crippen LogP contribution in [0.15, 0.2) is 68.3 Å². The summed E-state index contributed by atoms with van der Waals surface area (Å²) in [4.78, 5) is 40.6. The topological polar surface area (TPSA) is 127 Å². The lowest BCUT2D eigenvalue weighted by atomic mass is 10.1. The molecule has 2 N–H and O–H groups in total. The number of carbonyl (C=O) groups excluding carboxylic acids is 2. The molecular weight excluding hydrogens is 400 g/mol. The molecule has 156 valence electrons. The van der Waals surface area contributed by atoms with E-state index < -0.39 is 17.4 Å². The second kappa shape index (κ2) is 8.62. The Morgan fingerprint density at radius 2 is 1.74 bits per heavy atom. The number of hydrogen-bond acceptors (Lipinski definition) is 7. The van der Waals surface area contributed by atoms with Crippen LogP contribution in [0.25, 0.3) is 22.4 Å². The number of fused-ring (bicyclic) bond motifs is 1. The molecule has 2 aromatic carbocycles. The van der Waals surface area contributed by atoms with Gasteiger partial charge in [0.25, 0.3) is 5.91 Å². The van der Waals surface area contributed by atoms with Crippen molar-refractivity contribution in [2.45, 2.75) is 6.92 Å². The molecule has 0 atom stereocenters. The second-order valence-electron chi connectivity index (χ2n) is 6.79. The Bertz CT molecular complexity index is 1320. The first-order chi connectivity index (χ1) is 15.0. The number of nitrogens with zero attached hydrogens (tertiary/aromatic N) is 2. The van der Waals surface area contributed by atoms with Crippen molar-refractivity contribution >= 4 is 22.8 Å². The van der Waals surface area contributed by atoms with Crippen LogP contribution in [-0.4, -0.2) is 35.0 Å². The Labute approximate surface area is 176 Å². The molecule has 0 aliphatic carbocycles. The summed E-state index contributed by atoms with van der Waals surface area (Å²) < 4.78 is 10.2. The zero-order valence-electron chi connectivity index (χ0n) is 16.5. The van der Waals surface area contributed by atoms with Gasteiger partial charge in [0, 0.05) is 24.0 Å². The predicted molar refractivity (Wildman–Crippen MR) is 112 cm³/mol. The normalized spacial score (nSPS) is 10.7. The van der Waals surface area contributed by atoms with Crippen LogP contribution < -0.4 is 16.3 Å². The molecule has 9 nitrogen and oxygen atoms in total. The van der Waals surface area contributed by atoms with Crippen molar-refractivity contribution in [3.05, 3.63) is 82.0 Å². The minimum Gasteiger partial charge on any atom is -0.422 e. The van der Waals surface area contributed by atoms with Gasteiger partial charge >= 0.3 is 17.4 Å². The molecule has 2 aromatic heterocycles. The molecule has 0 fully saturated rings. The molecule has 2 heterocycles. The van der Waals surface area contributed by atoms with Crippen LogP contribution in [0.4, 0.5) is 0 Å². The Morgan fingerprint density at radius 1 is 0.968 bits per heavy atom. The van der Waals surface area contributed by atoms with E-state index in [0.29, 0.717) is 16.8 Å².